The maximum Gasteiger partial charge on any atom is 0.244 e. The number of anilines is 2. The number of nitrogens with one attached hydrogen (secondary N) is 1. The van der Waals surface area contributed by atoms with Crippen molar-refractivity contribution in [3.63, 3.8) is 0 Å². The Bertz CT molecular complexity index is 1300. The number of para-hydroxylation sites is 2. The molecule has 0 spiro atoms. The molecule has 3 heterocycles. The Morgan fingerprint density at radius 3 is 2.70 bits per heavy atom. The lowest BCUT2D eigenvalue weighted by Gasteiger charge is -2.29. The van der Waals surface area contributed by atoms with Crippen molar-refractivity contribution in [1.82, 2.24) is 14.8 Å². The first-order chi connectivity index (χ1) is 16.1. The average molecular weight is 480 g/mol. The summed E-state index contributed by atoms with van der Waals surface area (Å²) in [6.07, 6.45) is 1.61. The number of benzene rings is 2. The number of amides is 2. The molecule has 0 fully saturated rings. The standard InChI is InChI=1S/C23H18ClN5O3S/c24-16-9-7-15(8-10-16)22-26-27-23(29(22)12-17-4-3-11-32-17)33-14-21(31)28-13-20(30)25-18-5-1-2-6-19(18)28/h1-11H,12-14H2,(H,25,30). The zero-order valence-corrected chi connectivity index (χ0v) is 18.8. The molecule has 0 aliphatic carbocycles. The van der Waals surface area contributed by atoms with E-state index in [-0.39, 0.29) is 24.1 Å². The van der Waals surface area contributed by atoms with Gasteiger partial charge in [-0.3, -0.25) is 14.2 Å². The van der Waals surface area contributed by atoms with Gasteiger partial charge in [0.05, 0.1) is 29.9 Å². The van der Waals surface area contributed by atoms with Crippen LogP contribution in [0.5, 0.6) is 0 Å². The molecule has 0 radical (unpaired) electrons. The second-order valence-corrected chi connectivity index (χ2v) is 8.69. The number of furan rings is 1. The lowest BCUT2D eigenvalue weighted by atomic mass is 10.2. The van der Waals surface area contributed by atoms with E-state index >= 15 is 0 Å². The van der Waals surface area contributed by atoms with Gasteiger partial charge in [-0.1, -0.05) is 35.5 Å². The third-order valence-corrected chi connectivity index (χ3v) is 6.31. The number of carbonyl (C=O) groups excluding carboxylic acids is 2. The van der Waals surface area contributed by atoms with Crippen LogP contribution in [0.15, 0.2) is 76.5 Å². The van der Waals surface area contributed by atoms with E-state index in [0.717, 1.165) is 11.3 Å². The Morgan fingerprint density at radius 1 is 1.09 bits per heavy atom. The van der Waals surface area contributed by atoms with Crippen molar-refractivity contribution in [2.75, 3.05) is 22.5 Å². The summed E-state index contributed by atoms with van der Waals surface area (Å²) in [5, 5.41) is 12.7. The number of hydrogen-bond donors (Lipinski definition) is 1. The predicted molar refractivity (Wildman–Crippen MR) is 126 cm³/mol. The van der Waals surface area contributed by atoms with Crippen LogP contribution in [-0.4, -0.2) is 38.9 Å². The highest BCUT2D eigenvalue weighted by molar-refractivity contribution is 7.99. The Morgan fingerprint density at radius 2 is 1.91 bits per heavy atom. The van der Waals surface area contributed by atoms with Gasteiger partial charge in [-0.15, -0.1) is 10.2 Å². The third-order valence-electron chi connectivity index (χ3n) is 5.11. The largest absolute Gasteiger partial charge is 0.467 e. The molecule has 2 aromatic heterocycles. The Kier molecular flexibility index (Phi) is 5.89. The van der Waals surface area contributed by atoms with E-state index in [0.29, 0.717) is 33.9 Å². The molecule has 1 N–H and O–H groups in total. The summed E-state index contributed by atoms with van der Waals surface area (Å²) in [5.74, 6) is 1.06. The molecule has 2 aromatic carbocycles. The van der Waals surface area contributed by atoms with Crippen LogP contribution >= 0.6 is 23.4 Å². The lowest BCUT2D eigenvalue weighted by Crippen LogP contribution is -2.43. The summed E-state index contributed by atoms with van der Waals surface area (Å²) in [4.78, 5) is 26.6. The summed E-state index contributed by atoms with van der Waals surface area (Å²) in [7, 11) is 0. The van der Waals surface area contributed by atoms with Crippen molar-refractivity contribution in [1.29, 1.82) is 0 Å². The average Bonchev–Trinajstić information content (AvgIpc) is 3.48. The van der Waals surface area contributed by atoms with Crippen molar-refractivity contribution < 1.29 is 14.0 Å². The highest BCUT2D eigenvalue weighted by atomic mass is 35.5. The van der Waals surface area contributed by atoms with Gasteiger partial charge in [-0.25, -0.2) is 0 Å². The van der Waals surface area contributed by atoms with E-state index in [1.54, 1.807) is 24.5 Å². The summed E-state index contributed by atoms with van der Waals surface area (Å²) < 4.78 is 7.42. The van der Waals surface area contributed by atoms with Crippen LogP contribution in [0.2, 0.25) is 5.02 Å². The van der Waals surface area contributed by atoms with Crippen molar-refractivity contribution in [3.8, 4) is 11.4 Å². The number of aromatic nitrogens is 3. The van der Waals surface area contributed by atoms with Gasteiger partial charge in [0, 0.05) is 10.6 Å². The number of halogens is 1. The summed E-state index contributed by atoms with van der Waals surface area (Å²) in [6, 6.07) is 18.2. The van der Waals surface area contributed by atoms with Gasteiger partial charge in [0.25, 0.3) is 0 Å². The second-order valence-electron chi connectivity index (χ2n) is 7.31. The van der Waals surface area contributed by atoms with Crippen molar-refractivity contribution >= 4 is 46.6 Å². The Balaban J connectivity index is 1.40. The Hall–Kier alpha value is -3.56. The van der Waals surface area contributed by atoms with E-state index in [4.69, 9.17) is 16.0 Å². The van der Waals surface area contributed by atoms with Crippen LogP contribution in [0.3, 0.4) is 0 Å². The molecule has 2 amide bonds. The molecule has 33 heavy (non-hydrogen) atoms. The Labute approximate surface area is 198 Å². The zero-order chi connectivity index (χ0) is 22.8. The van der Waals surface area contributed by atoms with Gasteiger partial charge in [-0.05, 0) is 48.5 Å². The SMILES string of the molecule is O=C1CN(C(=O)CSc2nnc(-c3ccc(Cl)cc3)n2Cc2ccco2)c2ccccc2N1. The first-order valence-corrected chi connectivity index (χ1v) is 11.5. The van der Waals surface area contributed by atoms with Crippen LogP contribution in [0.25, 0.3) is 11.4 Å². The monoisotopic (exact) mass is 479 g/mol. The summed E-state index contributed by atoms with van der Waals surface area (Å²) >= 11 is 7.30. The van der Waals surface area contributed by atoms with E-state index in [1.807, 2.05) is 47.0 Å². The second kappa shape index (κ2) is 9.13. The minimum Gasteiger partial charge on any atom is -0.467 e. The normalized spacial score (nSPS) is 13.0. The van der Waals surface area contributed by atoms with Crippen LogP contribution in [-0.2, 0) is 16.1 Å². The lowest BCUT2D eigenvalue weighted by molar-refractivity contribution is -0.120. The minimum absolute atomic E-state index is 0.0223. The number of rotatable bonds is 6. The van der Waals surface area contributed by atoms with E-state index in [9.17, 15) is 9.59 Å². The highest BCUT2D eigenvalue weighted by Crippen LogP contribution is 2.31. The molecule has 8 nitrogen and oxygen atoms in total. The maximum absolute atomic E-state index is 13.1. The van der Waals surface area contributed by atoms with E-state index in [1.165, 1.54) is 16.7 Å². The van der Waals surface area contributed by atoms with Crippen molar-refractivity contribution in [2.24, 2.45) is 0 Å². The molecule has 0 saturated carbocycles. The molecule has 4 aromatic rings. The van der Waals surface area contributed by atoms with E-state index < -0.39 is 0 Å². The number of thioether (sulfide) groups is 1. The van der Waals surface area contributed by atoms with Gasteiger partial charge in [-0.2, -0.15) is 0 Å². The predicted octanol–water partition coefficient (Wildman–Crippen LogP) is 4.32. The molecular weight excluding hydrogens is 462 g/mol. The third kappa shape index (κ3) is 4.50. The van der Waals surface area contributed by atoms with Crippen LogP contribution < -0.4 is 10.2 Å². The minimum atomic E-state index is -0.224. The first kappa shape index (κ1) is 21.3. The number of nitrogens with zero attached hydrogens (tertiary/aromatic N) is 4. The quantitative estimate of drug-likeness (QED) is 0.414. The van der Waals surface area contributed by atoms with Crippen molar-refractivity contribution in [3.05, 3.63) is 77.7 Å². The summed E-state index contributed by atoms with van der Waals surface area (Å²) in [5.41, 5.74) is 2.15. The fraction of sp³-hybridized carbons (Fsp3) is 0.130. The molecule has 1 aliphatic rings. The molecule has 10 heteroatoms. The van der Waals surface area contributed by atoms with Crippen LogP contribution in [0, 0.1) is 0 Å². The van der Waals surface area contributed by atoms with Gasteiger partial charge in [0.15, 0.2) is 11.0 Å². The maximum atomic E-state index is 13.1. The molecular formula is C23H18ClN5O3S. The van der Waals surface area contributed by atoms with Crippen LogP contribution in [0.4, 0.5) is 11.4 Å². The molecule has 1 aliphatic heterocycles. The van der Waals surface area contributed by atoms with Gasteiger partial charge in [0.1, 0.15) is 12.3 Å². The molecule has 5 rings (SSSR count). The van der Waals surface area contributed by atoms with E-state index in [2.05, 4.69) is 15.5 Å². The fourth-order valence-corrected chi connectivity index (χ4v) is 4.51. The molecule has 0 bridgehead atoms. The van der Waals surface area contributed by atoms with Gasteiger partial charge < -0.3 is 14.6 Å². The smallest absolute Gasteiger partial charge is 0.244 e. The number of carbonyl (C=O) groups is 2. The number of fused-ring (bicyclic) bond motifs is 1. The van der Waals surface area contributed by atoms with Crippen LogP contribution in [0.1, 0.15) is 5.76 Å². The fourth-order valence-electron chi connectivity index (χ4n) is 3.57. The topological polar surface area (TPSA) is 93.3 Å². The molecule has 0 unspecified atom stereocenters. The van der Waals surface area contributed by atoms with Gasteiger partial charge in [0.2, 0.25) is 11.8 Å². The molecule has 0 saturated heterocycles. The molecule has 166 valence electrons. The molecule has 0 atom stereocenters. The highest BCUT2D eigenvalue weighted by Gasteiger charge is 2.27. The summed E-state index contributed by atoms with van der Waals surface area (Å²) in [6.45, 7) is 0.384. The van der Waals surface area contributed by atoms with Crippen molar-refractivity contribution in [2.45, 2.75) is 11.7 Å². The zero-order valence-electron chi connectivity index (χ0n) is 17.3. The van der Waals surface area contributed by atoms with Gasteiger partial charge >= 0.3 is 0 Å². The first-order valence-electron chi connectivity index (χ1n) is 10.1. The number of hydrogen-bond acceptors (Lipinski definition) is 6.